The van der Waals surface area contributed by atoms with Crippen molar-refractivity contribution in [1.29, 1.82) is 5.41 Å². The number of nitrogens with two attached hydrogens (primary N) is 1. The predicted octanol–water partition coefficient (Wildman–Crippen LogP) is 1.77. The Bertz CT molecular complexity index is 687. The number of nitrogen functional groups attached to an aromatic ring is 1. The Kier molecular flexibility index (Phi) is 3.56. The molecule has 1 aromatic carbocycles. The number of aromatic nitrogens is 2. The van der Waals surface area contributed by atoms with Crippen molar-refractivity contribution in [2.45, 2.75) is 6.92 Å². The molecule has 1 aromatic heterocycles. The van der Waals surface area contributed by atoms with Gasteiger partial charge in [0.2, 0.25) is 5.88 Å². The summed E-state index contributed by atoms with van der Waals surface area (Å²) in [4.78, 5) is 10.2. The lowest BCUT2D eigenvalue weighted by atomic mass is 10.2. The summed E-state index contributed by atoms with van der Waals surface area (Å²) >= 11 is 0. The highest BCUT2D eigenvalue weighted by atomic mass is 16.6. The molecule has 2 aromatic rings. The van der Waals surface area contributed by atoms with Gasteiger partial charge in [-0.1, -0.05) is 0 Å². The van der Waals surface area contributed by atoms with Gasteiger partial charge in [-0.15, -0.1) is 5.10 Å². The molecule has 2 rings (SSSR count). The fourth-order valence-electron chi connectivity index (χ4n) is 1.52. The van der Waals surface area contributed by atoms with Crippen LogP contribution in [0.15, 0.2) is 30.5 Å². The van der Waals surface area contributed by atoms with E-state index in [1.807, 2.05) is 0 Å². The van der Waals surface area contributed by atoms with Crippen LogP contribution in [-0.2, 0) is 0 Å². The Morgan fingerprint density at radius 1 is 1.45 bits per heavy atom. The highest BCUT2D eigenvalue weighted by Crippen LogP contribution is 2.29. The molecule has 8 heteroatoms. The van der Waals surface area contributed by atoms with Crippen molar-refractivity contribution in [3.8, 4) is 11.6 Å². The minimum Gasteiger partial charge on any atom is -0.436 e. The van der Waals surface area contributed by atoms with Gasteiger partial charge in [0.15, 0.2) is 0 Å². The van der Waals surface area contributed by atoms with E-state index in [1.165, 1.54) is 24.4 Å². The summed E-state index contributed by atoms with van der Waals surface area (Å²) in [6, 6.07) is 5.72. The first-order valence-electron chi connectivity index (χ1n) is 5.58. The van der Waals surface area contributed by atoms with Gasteiger partial charge in [0, 0.05) is 6.07 Å². The molecule has 0 atom stereocenters. The van der Waals surface area contributed by atoms with Crippen molar-refractivity contribution in [2.24, 2.45) is 5.73 Å². The maximum atomic E-state index is 10.8. The van der Waals surface area contributed by atoms with Crippen molar-refractivity contribution in [3.05, 3.63) is 51.7 Å². The summed E-state index contributed by atoms with van der Waals surface area (Å²) in [5.74, 6) is 0.0729. The van der Waals surface area contributed by atoms with E-state index in [4.69, 9.17) is 15.9 Å². The van der Waals surface area contributed by atoms with Gasteiger partial charge in [-0.2, -0.15) is 5.10 Å². The van der Waals surface area contributed by atoms with Gasteiger partial charge in [0.25, 0.3) is 5.69 Å². The van der Waals surface area contributed by atoms with Gasteiger partial charge in [0.05, 0.1) is 22.7 Å². The van der Waals surface area contributed by atoms with Gasteiger partial charge in [-0.05, 0) is 24.6 Å². The van der Waals surface area contributed by atoms with Gasteiger partial charge in [-0.3, -0.25) is 15.5 Å². The quantitative estimate of drug-likeness (QED) is 0.378. The Balaban J connectivity index is 2.42. The number of ether oxygens (including phenoxy) is 1. The topological polar surface area (TPSA) is 128 Å². The van der Waals surface area contributed by atoms with Crippen molar-refractivity contribution in [1.82, 2.24) is 10.2 Å². The number of non-ortho nitro benzene ring substituents is 1. The average Bonchev–Trinajstić information content (AvgIpc) is 2.41. The van der Waals surface area contributed by atoms with E-state index >= 15 is 0 Å². The first-order chi connectivity index (χ1) is 9.49. The van der Waals surface area contributed by atoms with Crippen molar-refractivity contribution < 1.29 is 9.66 Å². The third-order valence-electron chi connectivity index (χ3n) is 2.57. The van der Waals surface area contributed by atoms with Crippen molar-refractivity contribution in [3.63, 3.8) is 0 Å². The van der Waals surface area contributed by atoms with E-state index in [1.54, 1.807) is 13.0 Å². The highest BCUT2D eigenvalue weighted by molar-refractivity contribution is 5.96. The first-order valence-corrected chi connectivity index (χ1v) is 5.58. The van der Waals surface area contributed by atoms with Crippen LogP contribution in [0.5, 0.6) is 11.6 Å². The largest absolute Gasteiger partial charge is 0.436 e. The Labute approximate surface area is 113 Å². The maximum absolute atomic E-state index is 10.8. The molecule has 0 aliphatic rings. The Morgan fingerprint density at radius 3 is 2.85 bits per heavy atom. The third-order valence-corrected chi connectivity index (χ3v) is 2.57. The van der Waals surface area contributed by atoms with E-state index in [0.717, 1.165) is 0 Å². The SMILES string of the molecule is Cc1ccc([N+](=O)[O-])cc1Oc1nnccc1C(=N)N. The minimum absolute atomic E-state index is 0.0311. The fourth-order valence-corrected chi connectivity index (χ4v) is 1.52. The molecule has 0 amide bonds. The number of nitro benzene ring substituents is 1. The van der Waals surface area contributed by atoms with Crippen LogP contribution >= 0.6 is 0 Å². The second kappa shape index (κ2) is 5.31. The summed E-state index contributed by atoms with van der Waals surface area (Å²) < 4.78 is 5.49. The monoisotopic (exact) mass is 273 g/mol. The first kappa shape index (κ1) is 13.4. The summed E-state index contributed by atoms with van der Waals surface area (Å²) in [6.07, 6.45) is 1.38. The van der Waals surface area contributed by atoms with Crippen LogP contribution in [0.25, 0.3) is 0 Å². The Morgan fingerprint density at radius 2 is 2.20 bits per heavy atom. The number of nitro groups is 1. The molecular formula is C12H11N5O3. The van der Waals surface area contributed by atoms with Crippen LogP contribution in [0, 0.1) is 22.4 Å². The van der Waals surface area contributed by atoms with E-state index in [0.29, 0.717) is 5.56 Å². The van der Waals surface area contributed by atoms with Crippen LogP contribution in [0.2, 0.25) is 0 Å². The van der Waals surface area contributed by atoms with Crippen LogP contribution in [0.3, 0.4) is 0 Å². The lowest BCUT2D eigenvalue weighted by Crippen LogP contribution is -2.13. The molecular weight excluding hydrogens is 262 g/mol. The Hall–Kier alpha value is -3.03. The van der Waals surface area contributed by atoms with Crippen LogP contribution < -0.4 is 10.5 Å². The summed E-state index contributed by atoms with van der Waals surface area (Å²) in [5.41, 5.74) is 6.27. The molecule has 20 heavy (non-hydrogen) atoms. The van der Waals surface area contributed by atoms with Crippen molar-refractivity contribution >= 4 is 11.5 Å². The standard InChI is InChI=1S/C12H11N5O3/c1-7-2-3-8(17(18)19)6-10(7)20-12-9(11(13)14)4-5-15-16-12/h2-6H,1H3,(H3,13,14). The summed E-state index contributed by atoms with van der Waals surface area (Å²) in [6.45, 7) is 1.74. The minimum atomic E-state index is -0.519. The molecule has 0 aliphatic carbocycles. The number of hydrogen-bond donors (Lipinski definition) is 2. The second-order valence-electron chi connectivity index (χ2n) is 3.97. The molecule has 0 unspecified atom stereocenters. The van der Waals surface area contributed by atoms with Gasteiger partial charge >= 0.3 is 0 Å². The van der Waals surface area contributed by atoms with Crippen molar-refractivity contribution in [2.75, 3.05) is 0 Å². The summed E-state index contributed by atoms with van der Waals surface area (Å²) in [7, 11) is 0. The number of rotatable bonds is 4. The summed E-state index contributed by atoms with van der Waals surface area (Å²) in [5, 5.41) is 25.6. The van der Waals surface area contributed by atoms with Crippen LogP contribution in [-0.4, -0.2) is 21.0 Å². The zero-order valence-electron chi connectivity index (χ0n) is 10.5. The van der Waals surface area contributed by atoms with E-state index in [-0.39, 0.29) is 28.7 Å². The predicted molar refractivity (Wildman–Crippen MR) is 71.0 cm³/mol. The van der Waals surface area contributed by atoms with Gasteiger partial charge in [-0.25, -0.2) is 0 Å². The van der Waals surface area contributed by atoms with Crippen LogP contribution in [0.4, 0.5) is 5.69 Å². The van der Waals surface area contributed by atoms with E-state index in [9.17, 15) is 10.1 Å². The normalized spacial score (nSPS) is 10.1. The molecule has 0 spiro atoms. The molecule has 3 N–H and O–H groups in total. The number of nitrogens with zero attached hydrogens (tertiary/aromatic N) is 3. The molecule has 0 bridgehead atoms. The number of benzene rings is 1. The number of nitrogens with one attached hydrogen (secondary N) is 1. The van der Waals surface area contributed by atoms with Crippen LogP contribution in [0.1, 0.15) is 11.1 Å². The molecule has 8 nitrogen and oxygen atoms in total. The number of amidine groups is 1. The maximum Gasteiger partial charge on any atom is 0.273 e. The molecule has 0 radical (unpaired) electrons. The van der Waals surface area contributed by atoms with Gasteiger partial charge < -0.3 is 10.5 Å². The van der Waals surface area contributed by atoms with E-state index in [2.05, 4.69) is 10.2 Å². The van der Waals surface area contributed by atoms with Gasteiger partial charge in [0.1, 0.15) is 11.6 Å². The zero-order valence-corrected chi connectivity index (χ0v) is 10.5. The second-order valence-corrected chi connectivity index (χ2v) is 3.97. The molecule has 0 saturated carbocycles. The number of hydrogen-bond acceptors (Lipinski definition) is 6. The zero-order chi connectivity index (χ0) is 14.7. The highest BCUT2D eigenvalue weighted by Gasteiger charge is 2.14. The average molecular weight is 273 g/mol. The molecule has 1 heterocycles. The third kappa shape index (κ3) is 2.69. The molecule has 0 fully saturated rings. The molecule has 102 valence electrons. The van der Waals surface area contributed by atoms with E-state index < -0.39 is 4.92 Å². The lowest BCUT2D eigenvalue weighted by molar-refractivity contribution is -0.384. The molecule has 0 saturated heterocycles. The number of aryl methyl sites for hydroxylation is 1. The molecule has 0 aliphatic heterocycles. The fraction of sp³-hybridized carbons (Fsp3) is 0.0833. The lowest BCUT2D eigenvalue weighted by Gasteiger charge is -2.09. The smallest absolute Gasteiger partial charge is 0.273 e.